The second-order valence-corrected chi connectivity index (χ2v) is 2.72. The van der Waals surface area contributed by atoms with E-state index in [1.807, 2.05) is 0 Å². The van der Waals surface area contributed by atoms with E-state index in [4.69, 9.17) is 5.11 Å². The Morgan fingerprint density at radius 2 is 2.21 bits per heavy atom. The second-order valence-electron chi connectivity index (χ2n) is 2.72. The molecule has 0 aliphatic rings. The van der Waals surface area contributed by atoms with Gasteiger partial charge in [0.1, 0.15) is 0 Å². The molecule has 0 unspecified atom stereocenters. The first-order valence-electron chi connectivity index (χ1n) is 3.69. The molecule has 0 bridgehead atoms. The monoisotopic (exact) mass is 199 g/mol. The summed E-state index contributed by atoms with van der Waals surface area (Å²) in [6.45, 7) is 0. The van der Waals surface area contributed by atoms with Crippen LogP contribution in [-0.4, -0.2) is 41.2 Å². The number of hydrogen-bond acceptors (Lipinski definition) is 5. The fourth-order valence-corrected chi connectivity index (χ4v) is 0.741. The van der Waals surface area contributed by atoms with Gasteiger partial charge >= 0.3 is 11.9 Å². The number of carbonyl (C=O) groups is 2. The van der Waals surface area contributed by atoms with Crippen LogP contribution >= 0.6 is 0 Å². The van der Waals surface area contributed by atoms with Crippen molar-refractivity contribution >= 4 is 11.9 Å². The summed E-state index contributed by atoms with van der Waals surface area (Å²) in [6.07, 6.45) is 0. The van der Waals surface area contributed by atoms with Crippen molar-refractivity contribution in [2.75, 3.05) is 14.1 Å². The minimum Gasteiger partial charge on any atom is -0.476 e. The molecule has 1 aromatic rings. The van der Waals surface area contributed by atoms with Gasteiger partial charge in [-0.25, -0.2) is 9.80 Å². The molecule has 1 amide bonds. The number of carboxylic acids is 1. The zero-order valence-electron chi connectivity index (χ0n) is 7.64. The summed E-state index contributed by atoms with van der Waals surface area (Å²) in [5.74, 6) is -1.93. The quantitative estimate of drug-likeness (QED) is 0.642. The Morgan fingerprint density at radius 1 is 1.57 bits per heavy atom. The standard InChI is InChI=1S/C7H9N3O4/c1-10(2)8-6(11)5-3-4(7(12)13)9-14-5/h3H,1-2H3,(H,8,11)(H,12,13). The maximum atomic E-state index is 11.2. The largest absolute Gasteiger partial charge is 0.476 e. The topological polar surface area (TPSA) is 95.7 Å². The molecule has 0 saturated heterocycles. The van der Waals surface area contributed by atoms with Gasteiger partial charge in [-0.1, -0.05) is 5.16 Å². The van der Waals surface area contributed by atoms with Gasteiger partial charge in [0.25, 0.3) is 0 Å². The molecular formula is C7H9N3O4. The van der Waals surface area contributed by atoms with Gasteiger partial charge in [-0.2, -0.15) is 0 Å². The summed E-state index contributed by atoms with van der Waals surface area (Å²) < 4.78 is 4.52. The van der Waals surface area contributed by atoms with Gasteiger partial charge in [-0.15, -0.1) is 0 Å². The fraction of sp³-hybridized carbons (Fsp3) is 0.286. The average Bonchev–Trinajstić information content (AvgIpc) is 2.50. The Balaban J connectivity index is 2.76. The Kier molecular flexibility index (Phi) is 2.82. The summed E-state index contributed by atoms with van der Waals surface area (Å²) in [4.78, 5) is 21.6. The number of carbonyl (C=O) groups excluding carboxylic acids is 1. The molecule has 1 aromatic heterocycles. The van der Waals surface area contributed by atoms with Crippen molar-refractivity contribution in [1.82, 2.24) is 15.6 Å². The highest BCUT2D eigenvalue weighted by molar-refractivity contribution is 5.94. The molecule has 1 rings (SSSR count). The minimum absolute atomic E-state index is 0.142. The molecule has 1 heterocycles. The highest BCUT2D eigenvalue weighted by atomic mass is 16.5. The molecule has 0 atom stereocenters. The molecule has 0 aliphatic heterocycles. The van der Waals surface area contributed by atoms with Crippen molar-refractivity contribution in [3.8, 4) is 0 Å². The smallest absolute Gasteiger partial charge is 0.358 e. The number of aromatic carboxylic acids is 1. The molecule has 0 spiro atoms. The molecule has 0 radical (unpaired) electrons. The number of carboxylic acid groups (broad SMARTS) is 1. The van der Waals surface area contributed by atoms with Crippen LogP contribution in [0.3, 0.4) is 0 Å². The van der Waals surface area contributed by atoms with E-state index >= 15 is 0 Å². The number of amides is 1. The molecule has 76 valence electrons. The van der Waals surface area contributed by atoms with Crippen LogP contribution < -0.4 is 5.43 Å². The third-order valence-electron chi connectivity index (χ3n) is 1.28. The molecule has 0 saturated carbocycles. The van der Waals surface area contributed by atoms with Gasteiger partial charge < -0.3 is 9.63 Å². The number of nitrogens with one attached hydrogen (secondary N) is 1. The molecule has 0 fully saturated rings. The number of hydrogen-bond donors (Lipinski definition) is 2. The van der Waals surface area contributed by atoms with Crippen LogP contribution in [0.1, 0.15) is 21.0 Å². The lowest BCUT2D eigenvalue weighted by atomic mass is 10.3. The van der Waals surface area contributed by atoms with Gasteiger partial charge in [-0.05, 0) is 0 Å². The Hall–Kier alpha value is -1.89. The normalized spacial score (nSPS) is 10.2. The summed E-state index contributed by atoms with van der Waals surface area (Å²) in [5.41, 5.74) is 2.08. The van der Waals surface area contributed by atoms with Crippen LogP contribution in [0.25, 0.3) is 0 Å². The van der Waals surface area contributed by atoms with Crippen molar-refractivity contribution in [1.29, 1.82) is 0 Å². The number of rotatable bonds is 3. The fourth-order valence-electron chi connectivity index (χ4n) is 0.741. The summed E-state index contributed by atoms with van der Waals surface area (Å²) >= 11 is 0. The Morgan fingerprint density at radius 3 is 2.64 bits per heavy atom. The molecule has 2 N–H and O–H groups in total. The van der Waals surface area contributed by atoms with Gasteiger partial charge in [0, 0.05) is 20.2 Å². The highest BCUT2D eigenvalue weighted by Crippen LogP contribution is 2.03. The highest BCUT2D eigenvalue weighted by Gasteiger charge is 2.16. The van der Waals surface area contributed by atoms with Gasteiger partial charge in [0.05, 0.1) is 0 Å². The van der Waals surface area contributed by atoms with E-state index in [2.05, 4.69) is 15.1 Å². The lowest BCUT2D eigenvalue weighted by Crippen LogP contribution is -2.35. The zero-order valence-corrected chi connectivity index (χ0v) is 7.64. The van der Waals surface area contributed by atoms with E-state index in [1.165, 1.54) is 5.01 Å². The van der Waals surface area contributed by atoms with Crippen molar-refractivity contribution < 1.29 is 19.2 Å². The van der Waals surface area contributed by atoms with Crippen molar-refractivity contribution in [2.24, 2.45) is 0 Å². The molecule has 0 aliphatic carbocycles. The third-order valence-corrected chi connectivity index (χ3v) is 1.28. The summed E-state index contributed by atoms with van der Waals surface area (Å²) in [5, 5.41) is 13.1. The van der Waals surface area contributed by atoms with Gasteiger partial charge in [0.2, 0.25) is 5.76 Å². The summed E-state index contributed by atoms with van der Waals surface area (Å²) in [7, 11) is 3.23. The van der Waals surface area contributed by atoms with Crippen molar-refractivity contribution in [3.05, 3.63) is 17.5 Å². The Bertz CT molecular complexity index is 358. The first-order chi connectivity index (χ1) is 6.50. The third kappa shape index (κ3) is 2.30. The maximum absolute atomic E-state index is 11.2. The first-order valence-corrected chi connectivity index (χ1v) is 3.69. The lowest BCUT2D eigenvalue weighted by Gasteiger charge is -2.08. The number of aromatic nitrogens is 1. The average molecular weight is 199 g/mol. The van der Waals surface area contributed by atoms with E-state index in [9.17, 15) is 9.59 Å². The van der Waals surface area contributed by atoms with Crippen LogP contribution in [0.15, 0.2) is 10.6 Å². The van der Waals surface area contributed by atoms with Crippen molar-refractivity contribution in [3.63, 3.8) is 0 Å². The SMILES string of the molecule is CN(C)NC(=O)c1cc(C(=O)O)no1. The molecule has 0 aromatic carbocycles. The van der Waals surface area contributed by atoms with E-state index in [1.54, 1.807) is 14.1 Å². The number of nitrogens with zero attached hydrogens (tertiary/aromatic N) is 2. The maximum Gasteiger partial charge on any atom is 0.358 e. The number of hydrazine groups is 1. The Labute approximate surface area is 79.3 Å². The van der Waals surface area contributed by atoms with E-state index in [0.29, 0.717) is 0 Å². The molecular weight excluding hydrogens is 190 g/mol. The first kappa shape index (κ1) is 10.2. The van der Waals surface area contributed by atoms with Gasteiger partial charge in [0.15, 0.2) is 5.69 Å². The van der Waals surface area contributed by atoms with Crippen LogP contribution in [0.2, 0.25) is 0 Å². The zero-order chi connectivity index (χ0) is 10.7. The predicted octanol–water partition coefficient (Wildman–Crippen LogP) is -0.421. The van der Waals surface area contributed by atoms with Crippen LogP contribution in [0.4, 0.5) is 0 Å². The molecule has 7 heteroatoms. The van der Waals surface area contributed by atoms with E-state index < -0.39 is 11.9 Å². The van der Waals surface area contributed by atoms with Gasteiger partial charge in [-0.3, -0.25) is 10.2 Å². The van der Waals surface area contributed by atoms with E-state index in [-0.39, 0.29) is 11.5 Å². The van der Waals surface area contributed by atoms with E-state index in [0.717, 1.165) is 6.07 Å². The summed E-state index contributed by atoms with van der Waals surface area (Å²) in [6, 6.07) is 1.06. The van der Waals surface area contributed by atoms with Crippen molar-refractivity contribution in [2.45, 2.75) is 0 Å². The predicted molar refractivity (Wildman–Crippen MR) is 44.6 cm³/mol. The van der Waals surface area contributed by atoms with Crippen LogP contribution in [-0.2, 0) is 0 Å². The van der Waals surface area contributed by atoms with Crippen LogP contribution in [0.5, 0.6) is 0 Å². The minimum atomic E-state index is -1.24. The molecule has 7 nitrogen and oxygen atoms in total. The van der Waals surface area contributed by atoms with Crippen LogP contribution in [0, 0.1) is 0 Å². The molecule has 14 heavy (non-hydrogen) atoms. The second kappa shape index (κ2) is 3.88. The lowest BCUT2D eigenvalue weighted by molar-refractivity contribution is 0.0683.